The van der Waals surface area contributed by atoms with E-state index in [0.29, 0.717) is 16.1 Å². The van der Waals surface area contributed by atoms with Gasteiger partial charge in [-0.3, -0.25) is 0 Å². The predicted molar refractivity (Wildman–Crippen MR) is 77.5 cm³/mol. The van der Waals surface area contributed by atoms with E-state index in [2.05, 4.69) is 25.9 Å². The van der Waals surface area contributed by atoms with E-state index in [1.807, 2.05) is 0 Å². The van der Waals surface area contributed by atoms with Crippen molar-refractivity contribution in [2.24, 2.45) is 0 Å². The molecule has 0 aliphatic heterocycles. The maximum atomic E-state index is 13.1. The monoisotopic (exact) mass is 336 g/mol. The van der Waals surface area contributed by atoms with Gasteiger partial charge in [-0.15, -0.1) is 0 Å². The molecule has 1 aromatic heterocycles. The first-order chi connectivity index (χ1) is 9.74. The topological polar surface area (TPSA) is 35.0 Å². The number of benzene rings is 1. The quantitative estimate of drug-likeness (QED) is 0.760. The van der Waals surface area contributed by atoms with E-state index in [-0.39, 0.29) is 5.82 Å². The minimum absolute atomic E-state index is 0.300. The standard InChI is InChI=1S/C15H14BrFN2O/c16-12-8-10(17)6-7-14(12)20-15-11-4-2-1-3-5-13(11)18-9-19-15/h6-9H,1-5H2. The molecular weight excluding hydrogens is 323 g/mol. The van der Waals surface area contributed by atoms with Crippen molar-refractivity contribution in [2.45, 2.75) is 32.1 Å². The zero-order valence-corrected chi connectivity index (χ0v) is 12.5. The van der Waals surface area contributed by atoms with Crippen molar-refractivity contribution < 1.29 is 9.13 Å². The number of halogens is 2. The van der Waals surface area contributed by atoms with Crippen LogP contribution in [0.5, 0.6) is 11.6 Å². The number of aryl methyl sites for hydroxylation is 1. The lowest BCUT2D eigenvalue weighted by molar-refractivity contribution is 0.448. The number of aromatic nitrogens is 2. The van der Waals surface area contributed by atoms with Gasteiger partial charge in [0.05, 0.1) is 10.2 Å². The number of hydrogen-bond donors (Lipinski definition) is 0. The van der Waals surface area contributed by atoms with Gasteiger partial charge in [0.1, 0.15) is 17.9 Å². The molecule has 3 rings (SSSR count). The molecule has 0 spiro atoms. The van der Waals surface area contributed by atoms with Crippen LogP contribution in [-0.4, -0.2) is 9.97 Å². The average molecular weight is 337 g/mol. The molecular formula is C15H14BrFN2O. The minimum Gasteiger partial charge on any atom is -0.437 e. The molecule has 20 heavy (non-hydrogen) atoms. The van der Waals surface area contributed by atoms with Crippen LogP contribution in [0.15, 0.2) is 29.0 Å². The third-order valence-corrected chi connectivity index (χ3v) is 4.06. The Labute approximate surface area is 125 Å². The van der Waals surface area contributed by atoms with Crippen molar-refractivity contribution in [1.29, 1.82) is 0 Å². The maximum Gasteiger partial charge on any atom is 0.225 e. The molecule has 0 atom stereocenters. The highest BCUT2D eigenvalue weighted by atomic mass is 79.9. The van der Waals surface area contributed by atoms with Gasteiger partial charge >= 0.3 is 0 Å². The third kappa shape index (κ3) is 2.82. The van der Waals surface area contributed by atoms with Crippen molar-refractivity contribution in [2.75, 3.05) is 0 Å². The molecule has 1 aliphatic carbocycles. The number of nitrogens with zero attached hydrogens (tertiary/aromatic N) is 2. The fourth-order valence-electron chi connectivity index (χ4n) is 2.42. The van der Waals surface area contributed by atoms with Crippen molar-refractivity contribution >= 4 is 15.9 Å². The SMILES string of the molecule is Fc1ccc(Oc2ncnc3c2CCCCC3)c(Br)c1. The van der Waals surface area contributed by atoms with Crippen LogP contribution in [0, 0.1) is 5.82 Å². The van der Waals surface area contributed by atoms with Gasteiger partial charge in [-0.2, -0.15) is 0 Å². The van der Waals surface area contributed by atoms with Crippen molar-refractivity contribution in [3.05, 3.63) is 46.1 Å². The summed E-state index contributed by atoms with van der Waals surface area (Å²) < 4.78 is 19.5. The molecule has 5 heteroatoms. The number of hydrogen-bond acceptors (Lipinski definition) is 3. The van der Waals surface area contributed by atoms with E-state index in [0.717, 1.165) is 36.9 Å². The summed E-state index contributed by atoms with van der Waals surface area (Å²) in [5, 5.41) is 0. The first-order valence-electron chi connectivity index (χ1n) is 6.69. The molecule has 1 heterocycles. The lowest BCUT2D eigenvalue weighted by Gasteiger charge is -2.12. The van der Waals surface area contributed by atoms with Crippen molar-refractivity contribution in [1.82, 2.24) is 9.97 Å². The highest BCUT2D eigenvalue weighted by Gasteiger charge is 2.16. The van der Waals surface area contributed by atoms with E-state index in [1.54, 1.807) is 6.07 Å². The molecule has 0 saturated heterocycles. The van der Waals surface area contributed by atoms with Gasteiger partial charge < -0.3 is 4.74 Å². The Morgan fingerprint density at radius 3 is 2.80 bits per heavy atom. The third-order valence-electron chi connectivity index (χ3n) is 3.44. The van der Waals surface area contributed by atoms with Crippen LogP contribution < -0.4 is 4.74 Å². The zero-order chi connectivity index (χ0) is 13.9. The van der Waals surface area contributed by atoms with Crippen LogP contribution in [0.25, 0.3) is 0 Å². The second-order valence-corrected chi connectivity index (χ2v) is 5.70. The summed E-state index contributed by atoms with van der Waals surface area (Å²) in [4.78, 5) is 8.60. The van der Waals surface area contributed by atoms with Crippen molar-refractivity contribution in [3.63, 3.8) is 0 Å². The van der Waals surface area contributed by atoms with Crippen LogP contribution >= 0.6 is 15.9 Å². The van der Waals surface area contributed by atoms with Gasteiger partial charge in [0.15, 0.2) is 0 Å². The predicted octanol–water partition coefficient (Wildman–Crippen LogP) is 4.44. The van der Waals surface area contributed by atoms with Crippen LogP contribution in [0.4, 0.5) is 4.39 Å². The van der Waals surface area contributed by atoms with Crippen molar-refractivity contribution in [3.8, 4) is 11.6 Å². The summed E-state index contributed by atoms with van der Waals surface area (Å²) in [5.74, 6) is 0.853. The van der Waals surface area contributed by atoms with Gasteiger partial charge in [-0.1, -0.05) is 6.42 Å². The Kier molecular flexibility index (Phi) is 3.96. The van der Waals surface area contributed by atoms with Gasteiger partial charge in [0.2, 0.25) is 5.88 Å². The number of rotatable bonds is 2. The second kappa shape index (κ2) is 5.87. The van der Waals surface area contributed by atoms with E-state index >= 15 is 0 Å². The van der Waals surface area contributed by atoms with Crippen LogP contribution in [-0.2, 0) is 12.8 Å². The summed E-state index contributed by atoms with van der Waals surface area (Å²) in [6, 6.07) is 4.36. The highest BCUT2D eigenvalue weighted by Crippen LogP contribution is 2.33. The molecule has 1 aromatic carbocycles. The van der Waals surface area contributed by atoms with Gasteiger partial charge in [-0.05, 0) is 59.8 Å². The molecule has 0 N–H and O–H groups in total. The molecule has 3 nitrogen and oxygen atoms in total. The first-order valence-corrected chi connectivity index (χ1v) is 7.49. The Balaban J connectivity index is 1.94. The fraction of sp³-hybridized carbons (Fsp3) is 0.333. The smallest absolute Gasteiger partial charge is 0.225 e. The largest absolute Gasteiger partial charge is 0.437 e. The molecule has 0 radical (unpaired) electrons. The Bertz CT molecular complexity index is 633. The lowest BCUT2D eigenvalue weighted by Crippen LogP contribution is -2.01. The number of ether oxygens (including phenoxy) is 1. The fourth-order valence-corrected chi connectivity index (χ4v) is 2.85. The molecule has 0 fully saturated rings. The molecule has 0 saturated carbocycles. The Hall–Kier alpha value is -1.49. The van der Waals surface area contributed by atoms with Gasteiger partial charge in [0.25, 0.3) is 0 Å². The molecule has 2 aromatic rings. The molecule has 1 aliphatic rings. The summed E-state index contributed by atoms with van der Waals surface area (Å²) in [5.41, 5.74) is 2.16. The molecule has 104 valence electrons. The van der Waals surface area contributed by atoms with Crippen LogP contribution in [0.2, 0.25) is 0 Å². The zero-order valence-electron chi connectivity index (χ0n) is 10.9. The van der Waals surface area contributed by atoms with E-state index < -0.39 is 0 Å². The molecule has 0 amide bonds. The first kappa shape index (κ1) is 13.5. The Morgan fingerprint density at radius 1 is 1.10 bits per heavy atom. The normalized spacial score (nSPS) is 14.5. The summed E-state index contributed by atoms with van der Waals surface area (Å²) in [7, 11) is 0. The minimum atomic E-state index is -0.300. The van der Waals surface area contributed by atoms with Crippen LogP contribution in [0.3, 0.4) is 0 Å². The lowest BCUT2D eigenvalue weighted by atomic mass is 10.1. The maximum absolute atomic E-state index is 13.1. The second-order valence-electron chi connectivity index (χ2n) is 4.84. The van der Waals surface area contributed by atoms with Crippen LogP contribution in [0.1, 0.15) is 30.5 Å². The van der Waals surface area contributed by atoms with E-state index in [4.69, 9.17) is 4.74 Å². The van der Waals surface area contributed by atoms with Gasteiger partial charge in [0, 0.05) is 5.56 Å². The van der Waals surface area contributed by atoms with E-state index in [9.17, 15) is 4.39 Å². The Morgan fingerprint density at radius 2 is 1.95 bits per heavy atom. The number of fused-ring (bicyclic) bond motifs is 1. The summed E-state index contributed by atoms with van der Waals surface area (Å²) >= 11 is 3.31. The summed E-state index contributed by atoms with van der Waals surface area (Å²) in [6.45, 7) is 0. The highest BCUT2D eigenvalue weighted by molar-refractivity contribution is 9.10. The molecule has 0 bridgehead atoms. The van der Waals surface area contributed by atoms with E-state index in [1.165, 1.54) is 24.9 Å². The average Bonchev–Trinajstić information content (AvgIpc) is 2.68. The van der Waals surface area contributed by atoms with Gasteiger partial charge in [-0.25, -0.2) is 14.4 Å². The molecule has 0 unspecified atom stereocenters. The summed E-state index contributed by atoms with van der Waals surface area (Å²) in [6.07, 6.45) is 6.93.